The Balaban J connectivity index is 1.55. The Bertz CT molecular complexity index is 837. The number of halogens is 2. The summed E-state index contributed by atoms with van der Waals surface area (Å²) in [5.41, 5.74) is 3.05. The summed E-state index contributed by atoms with van der Waals surface area (Å²) in [4.78, 5) is 18.3. The molecule has 2 N–H and O–H groups in total. The van der Waals surface area contributed by atoms with Crippen LogP contribution in [-0.4, -0.2) is 38.8 Å². The second-order valence-corrected chi connectivity index (χ2v) is 7.39. The number of nitrogens with one attached hydrogen (secondary N) is 2. The van der Waals surface area contributed by atoms with Gasteiger partial charge in [0.1, 0.15) is 10.7 Å². The first kappa shape index (κ1) is 17.4. The zero-order chi connectivity index (χ0) is 18.3. The van der Waals surface area contributed by atoms with Crippen LogP contribution in [-0.2, 0) is 17.7 Å². The van der Waals surface area contributed by atoms with Crippen molar-refractivity contribution in [1.29, 1.82) is 0 Å². The van der Waals surface area contributed by atoms with Crippen LogP contribution in [0.25, 0.3) is 0 Å². The van der Waals surface area contributed by atoms with E-state index in [9.17, 15) is 9.18 Å². The number of aromatic amines is 1. The van der Waals surface area contributed by atoms with Gasteiger partial charge in [0.05, 0.1) is 17.9 Å². The first-order valence-corrected chi connectivity index (χ1v) is 9.39. The summed E-state index contributed by atoms with van der Waals surface area (Å²) in [7, 11) is 0. The van der Waals surface area contributed by atoms with Crippen LogP contribution < -0.4 is 5.32 Å². The molecule has 9 heteroatoms. The number of rotatable bonds is 2. The van der Waals surface area contributed by atoms with Crippen LogP contribution in [0.2, 0.25) is 0 Å². The van der Waals surface area contributed by atoms with E-state index in [1.165, 1.54) is 12.3 Å². The molecule has 2 aromatic heterocycles. The molecule has 2 atom stereocenters. The number of nitrogens with zero attached hydrogens (tertiary/aromatic N) is 3. The van der Waals surface area contributed by atoms with Gasteiger partial charge in [0.25, 0.3) is 0 Å². The van der Waals surface area contributed by atoms with E-state index in [1.807, 2.05) is 6.92 Å². The van der Waals surface area contributed by atoms with Crippen molar-refractivity contribution in [2.45, 2.75) is 44.9 Å². The second kappa shape index (κ2) is 6.96. The van der Waals surface area contributed by atoms with Gasteiger partial charge in [-0.15, -0.1) is 0 Å². The van der Waals surface area contributed by atoms with Crippen LogP contribution >= 0.6 is 15.9 Å². The number of hydrogen-bond acceptors (Lipinski definition) is 4. The van der Waals surface area contributed by atoms with Crippen molar-refractivity contribution in [3.8, 4) is 0 Å². The van der Waals surface area contributed by atoms with Gasteiger partial charge in [0, 0.05) is 36.5 Å². The lowest BCUT2D eigenvalue weighted by molar-refractivity contribution is 0.106. The molecule has 0 radical (unpaired) electrons. The molecule has 0 bridgehead atoms. The van der Waals surface area contributed by atoms with Crippen LogP contribution in [0.3, 0.4) is 0 Å². The van der Waals surface area contributed by atoms with E-state index in [-0.39, 0.29) is 28.5 Å². The SMILES string of the molecule is C[C@H]1Cc2[nH]nc(C3CCCO3)c2CN1C(=O)Nc1ccnc(Br)c1F. The largest absolute Gasteiger partial charge is 0.372 e. The van der Waals surface area contributed by atoms with Crippen LogP contribution in [0.5, 0.6) is 0 Å². The highest BCUT2D eigenvalue weighted by molar-refractivity contribution is 9.10. The molecule has 2 aliphatic rings. The topological polar surface area (TPSA) is 83.1 Å². The Morgan fingerprint density at radius 3 is 3.15 bits per heavy atom. The second-order valence-electron chi connectivity index (χ2n) is 6.64. The van der Waals surface area contributed by atoms with Crippen molar-refractivity contribution in [3.63, 3.8) is 0 Å². The minimum absolute atomic E-state index is 0.0121. The number of urea groups is 1. The third-order valence-corrected chi connectivity index (χ3v) is 5.48. The summed E-state index contributed by atoms with van der Waals surface area (Å²) in [6.07, 6.45) is 4.05. The smallest absolute Gasteiger partial charge is 0.322 e. The van der Waals surface area contributed by atoms with Crippen LogP contribution in [0.15, 0.2) is 16.9 Å². The summed E-state index contributed by atoms with van der Waals surface area (Å²) in [6, 6.07) is 1.06. The Morgan fingerprint density at radius 1 is 1.54 bits per heavy atom. The van der Waals surface area contributed by atoms with E-state index >= 15 is 0 Å². The lowest BCUT2D eigenvalue weighted by Crippen LogP contribution is -2.45. The highest BCUT2D eigenvalue weighted by atomic mass is 79.9. The van der Waals surface area contributed by atoms with Gasteiger partial charge in [-0.25, -0.2) is 14.2 Å². The van der Waals surface area contributed by atoms with E-state index in [1.54, 1.807) is 4.90 Å². The maximum atomic E-state index is 14.1. The van der Waals surface area contributed by atoms with Crippen molar-refractivity contribution in [3.05, 3.63) is 39.6 Å². The van der Waals surface area contributed by atoms with Crippen LogP contribution in [0, 0.1) is 5.82 Å². The van der Waals surface area contributed by atoms with E-state index in [2.05, 4.69) is 36.4 Å². The Kier molecular flexibility index (Phi) is 4.66. The summed E-state index contributed by atoms with van der Waals surface area (Å²) in [6.45, 7) is 3.12. The highest BCUT2D eigenvalue weighted by Gasteiger charge is 2.33. The number of pyridine rings is 1. The average molecular weight is 424 g/mol. The fraction of sp³-hybridized carbons (Fsp3) is 0.471. The predicted molar refractivity (Wildman–Crippen MR) is 96.1 cm³/mol. The molecule has 138 valence electrons. The maximum absolute atomic E-state index is 14.1. The predicted octanol–water partition coefficient (Wildman–Crippen LogP) is 3.54. The van der Waals surface area contributed by atoms with E-state index in [4.69, 9.17) is 4.74 Å². The molecule has 1 fully saturated rings. The number of carbonyl (C=O) groups excluding carboxylic acids is 1. The zero-order valence-corrected chi connectivity index (χ0v) is 15.8. The number of carbonyl (C=O) groups is 1. The number of hydrogen-bond donors (Lipinski definition) is 2. The van der Waals surface area contributed by atoms with Gasteiger partial charge in [0.15, 0.2) is 5.82 Å². The first-order valence-electron chi connectivity index (χ1n) is 8.60. The van der Waals surface area contributed by atoms with Crippen molar-refractivity contribution >= 4 is 27.6 Å². The monoisotopic (exact) mass is 423 g/mol. The molecule has 2 aromatic rings. The van der Waals surface area contributed by atoms with Crippen molar-refractivity contribution in [2.75, 3.05) is 11.9 Å². The molecule has 26 heavy (non-hydrogen) atoms. The third-order valence-electron chi connectivity index (χ3n) is 4.93. The Morgan fingerprint density at radius 2 is 2.38 bits per heavy atom. The maximum Gasteiger partial charge on any atom is 0.322 e. The number of anilines is 1. The molecular formula is C17H19BrFN5O2. The summed E-state index contributed by atoms with van der Waals surface area (Å²) in [5, 5.41) is 10.2. The van der Waals surface area contributed by atoms with Crippen molar-refractivity contribution in [1.82, 2.24) is 20.1 Å². The normalized spacial score (nSPS) is 22.3. The quantitative estimate of drug-likeness (QED) is 0.723. The first-order chi connectivity index (χ1) is 12.5. The van der Waals surface area contributed by atoms with Gasteiger partial charge in [0.2, 0.25) is 0 Å². The third kappa shape index (κ3) is 3.09. The van der Waals surface area contributed by atoms with Gasteiger partial charge < -0.3 is 15.0 Å². The highest BCUT2D eigenvalue weighted by Crippen LogP contribution is 2.34. The summed E-state index contributed by atoms with van der Waals surface area (Å²) in [5.74, 6) is -0.588. The van der Waals surface area contributed by atoms with Crippen LogP contribution in [0.4, 0.5) is 14.9 Å². The van der Waals surface area contributed by atoms with E-state index in [0.29, 0.717) is 13.0 Å². The van der Waals surface area contributed by atoms with Crippen molar-refractivity contribution < 1.29 is 13.9 Å². The van der Waals surface area contributed by atoms with Crippen LogP contribution in [0.1, 0.15) is 42.8 Å². The van der Waals surface area contributed by atoms with Gasteiger partial charge in [-0.1, -0.05) is 0 Å². The van der Waals surface area contributed by atoms with Gasteiger partial charge in [-0.3, -0.25) is 5.10 Å². The molecule has 0 aliphatic carbocycles. The van der Waals surface area contributed by atoms with Crippen molar-refractivity contribution in [2.24, 2.45) is 0 Å². The molecular weight excluding hydrogens is 405 g/mol. The summed E-state index contributed by atoms with van der Waals surface area (Å²) < 4.78 is 19.9. The molecule has 0 aromatic carbocycles. The molecule has 4 heterocycles. The fourth-order valence-corrected chi connectivity index (χ4v) is 3.86. The Hall–Kier alpha value is -2.00. The van der Waals surface area contributed by atoms with E-state index < -0.39 is 5.82 Å². The number of aromatic nitrogens is 3. The molecule has 0 saturated carbocycles. The number of ether oxygens (including phenoxy) is 1. The summed E-state index contributed by atoms with van der Waals surface area (Å²) >= 11 is 3.03. The molecule has 2 aliphatic heterocycles. The average Bonchev–Trinajstić information content (AvgIpc) is 3.27. The van der Waals surface area contributed by atoms with E-state index in [0.717, 1.165) is 36.4 Å². The Labute approximate surface area is 158 Å². The number of amides is 2. The molecule has 1 unspecified atom stereocenters. The lowest BCUT2D eigenvalue weighted by Gasteiger charge is -2.33. The minimum Gasteiger partial charge on any atom is -0.372 e. The standard InChI is InChI=1S/C17H19BrFN5O2/c1-9-7-12-10(15(23-22-12)13-3-2-6-26-13)8-24(9)17(25)21-11-4-5-20-16(18)14(11)19/h4-5,9,13H,2-3,6-8H2,1H3,(H,22,23)(H,20,21,25)/t9-,13?/m0/s1. The molecule has 1 saturated heterocycles. The minimum atomic E-state index is -0.588. The lowest BCUT2D eigenvalue weighted by atomic mass is 9.97. The molecule has 2 amide bonds. The van der Waals surface area contributed by atoms with Gasteiger partial charge >= 0.3 is 6.03 Å². The number of fused-ring (bicyclic) bond motifs is 1. The van der Waals surface area contributed by atoms with Gasteiger partial charge in [-0.2, -0.15) is 5.10 Å². The zero-order valence-electron chi connectivity index (χ0n) is 14.3. The molecule has 7 nitrogen and oxygen atoms in total. The molecule has 4 rings (SSSR count). The fourth-order valence-electron chi connectivity index (χ4n) is 3.53. The number of H-pyrrole nitrogens is 1. The van der Waals surface area contributed by atoms with Gasteiger partial charge in [-0.05, 0) is 41.8 Å². The molecule has 0 spiro atoms.